The number of rotatable bonds is 4. The molecule has 0 saturated carbocycles. The SMILES string of the molecule is Cc1cc(C)nc(OC2CCCN(S(=O)(=O)c3cc(Cl)ccc3C)C2)n1. The molecule has 1 aliphatic heterocycles. The molecule has 1 aromatic carbocycles. The maximum atomic E-state index is 13.0. The van der Waals surface area contributed by atoms with Crippen LogP contribution in [0.2, 0.25) is 5.02 Å². The molecule has 0 aliphatic carbocycles. The molecule has 1 aromatic heterocycles. The minimum absolute atomic E-state index is 0.244. The largest absolute Gasteiger partial charge is 0.459 e. The van der Waals surface area contributed by atoms with Crippen LogP contribution in [0, 0.1) is 20.8 Å². The van der Waals surface area contributed by atoms with E-state index in [4.69, 9.17) is 16.3 Å². The number of benzene rings is 1. The van der Waals surface area contributed by atoms with E-state index in [-0.39, 0.29) is 17.5 Å². The molecular weight excluding hydrogens is 374 g/mol. The van der Waals surface area contributed by atoms with Crippen LogP contribution in [0.5, 0.6) is 6.01 Å². The Labute approximate surface area is 159 Å². The molecule has 1 unspecified atom stereocenters. The summed E-state index contributed by atoms with van der Waals surface area (Å²) in [6.45, 7) is 6.25. The molecule has 0 spiro atoms. The van der Waals surface area contributed by atoms with Crippen LogP contribution in [0.4, 0.5) is 0 Å². The molecule has 2 aromatic rings. The predicted octanol–water partition coefficient (Wildman–Crippen LogP) is 3.29. The smallest absolute Gasteiger partial charge is 0.317 e. The van der Waals surface area contributed by atoms with Crippen LogP contribution in [0.1, 0.15) is 29.8 Å². The number of aryl methyl sites for hydroxylation is 3. The minimum atomic E-state index is -3.63. The highest BCUT2D eigenvalue weighted by molar-refractivity contribution is 7.89. The molecule has 26 heavy (non-hydrogen) atoms. The monoisotopic (exact) mass is 395 g/mol. The number of aromatic nitrogens is 2. The first-order valence-electron chi connectivity index (χ1n) is 8.51. The summed E-state index contributed by atoms with van der Waals surface area (Å²) in [4.78, 5) is 8.80. The van der Waals surface area contributed by atoms with Gasteiger partial charge in [0.25, 0.3) is 0 Å². The molecule has 0 amide bonds. The van der Waals surface area contributed by atoms with Crippen LogP contribution in [0.25, 0.3) is 0 Å². The Kier molecular flexibility index (Phi) is 5.50. The third kappa shape index (κ3) is 4.16. The van der Waals surface area contributed by atoms with Gasteiger partial charge in [0.1, 0.15) is 6.10 Å². The molecule has 0 N–H and O–H groups in total. The fourth-order valence-electron chi connectivity index (χ4n) is 3.11. The summed E-state index contributed by atoms with van der Waals surface area (Å²) in [5.41, 5.74) is 2.32. The van der Waals surface area contributed by atoms with Crippen molar-refractivity contribution in [2.45, 2.75) is 44.6 Å². The van der Waals surface area contributed by atoms with Crippen LogP contribution in [0.15, 0.2) is 29.2 Å². The topological polar surface area (TPSA) is 72.4 Å². The standard InChI is InChI=1S/C18H22ClN3O3S/c1-12-6-7-15(19)10-17(12)26(23,24)22-8-4-5-16(11-22)25-18-20-13(2)9-14(3)21-18/h6-7,9-10,16H,4-5,8,11H2,1-3H3. The zero-order valence-electron chi connectivity index (χ0n) is 15.1. The molecule has 1 aliphatic rings. The van der Waals surface area contributed by atoms with Crippen LogP contribution in [0.3, 0.4) is 0 Å². The lowest BCUT2D eigenvalue weighted by Gasteiger charge is -2.32. The number of sulfonamides is 1. The first-order valence-corrected chi connectivity index (χ1v) is 10.3. The molecule has 6 nitrogen and oxygen atoms in total. The number of piperidine rings is 1. The zero-order valence-corrected chi connectivity index (χ0v) is 16.6. The second kappa shape index (κ2) is 7.50. The lowest BCUT2D eigenvalue weighted by atomic mass is 10.1. The van der Waals surface area contributed by atoms with E-state index in [9.17, 15) is 8.42 Å². The predicted molar refractivity (Wildman–Crippen MR) is 100 cm³/mol. The van der Waals surface area contributed by atoms with Gasteiger partial charge in [0.15, 0.2) is 0 Å². The van der Waals surface area contributed by atoms with Gasteiger partial charge in [0.2, 0.25) is 10.0 Å². The van der Waals surface area contributed by atoms with Crippen molar-refractivity contribution in [1.82, 2.24) is 14.3 Å². The molecule has 8 heteroatoms. The molecule has 3 rings (SSSR count). The molecule has 0 radical (unpaired) electrons. The van der Waals surface area contributed by atoms with E-state index in [1.165, 1.54) is 10.4 Å². The Morgan fingerprint density at radius 1 is 1.15 bits per heavy atom. The normalized spacial score (nSPS) is 18.7. The lowest BCUT2D eigenvalue weighted by Crippen LogP contribution is -2.44. The highest BCUT2D eigenvalue weighted by atomic mass is 35.5. The van der Waals surface area contributed by atoms with Crippen molar-refractivity contribution >= 4 is 21.6 Å². The van der Waals surface area contributed by atoms with Gasteiger partial charge in [-0.3, -0.25) is 0 Å². The van der Waals surface area contributed by atoms with Crippen molar-refractivity contribution < 1.29 is 13.2 Å². The number of hydrogen-bond acceptors (Lipinski definition) is 5. The number of halogens is 1. The molecule has 1 atom stereocenters. The van der Waals surface area contributed by atoms with E-state index in [1.54, 1.807) is 19.1 Å². The Balaban J connectivity index is 1.80. The van der Waals surface area contributed by atoms with E-state index >= 15 is 0 Å². The number of nitrogens with zero attached hydrogens (tertiary/aromatic N) is 3. The van der Waals surface area contributed by atoms with Crippen molar-refractivity contribution in [2.75, 3.05) is 13.1 Å². The van der Waals surface area contributed by atoms with Gasteiger partial charge in [-0.15, -0.1) is 0 Å². The summed E-state index contributed by atoms with van der Waals surface area (Å²) < 4.78 is 33.4. The van der Waals surface area contributed by atoms with E-state index in [2.05, 4.69) is 9.97 Å². The van der Waals surface area contributed by atoms with Gasteiger partial charge in [-0.2, -0.15) is 4.31 Å². The zero-order chi connectivity index (χ0) is 18.9. The number of hydrogen-bond donors (Lipinski definition) is 0. The third-order valence-electron chi connectivity index (χ3n) is 4.34. The first kappa shape index (κ1) is 19.1. The van der Waals surface area contributed by atoms with E-state index in [0.29, 0.717) is 29.6 Å². The van der Waals surface area contributed by atoms with Gasteiger partial charge in [-0.05, 0) is 57.4 Å². The van der Waals surface area contributed by atoms with Gasteiger partial charge in [-0.25, -0.2) is 18.4 Å². The van der Waals surface area contributed by atoms with Crippen molar-refractivity contribution in [3.63, 3.8) is 0 Å². The Bertz CT molecular complexity index is 898. The maximum Gasteiger partial charge on any atom is 0.317 e. The van der Waals surface area contributed by atoms with Gasteiger partial charge in [-0.1, -0.05) is 17.7 Å². The molecular formula is C18H22ClN3O3S. The van der Waals surface area contributed by atoms with E-state index in [1.807, 2.05) is 19.9 Å². The van der Waals surface area contributed by atoms with Crippen LogP contribution >= 0.6 is 11.6 Å². The highest BCUT2D eigenvalue weighted by Gasteiger charge is 2.32. The van der Waals surface area contributed by atoms with Gasteiger partial charge < -0.3 is 4.74 Å². The summed E-state index contributed by atoms with van der Waals surface area (Å²) in [6.07, 6.45) is 1.20. The molecule has 1 saturated heterocycles. The second-order valence-corrected chi connectivity index (χ2v) is 8.93. The van der Waals surface area contributed by atoms with E-state index in [0.717, 1.165) is 17.8 Å². The minimum Gasteiger partial charge on any atom is -0.459 e. The fourth-order valence-corrected chi connectivity index (χ4v) is 5.10. The second-order valence-electron chi connectivity index (χ2n) is 6.59. The maximum absolute atomic E-state index is 13.0. The van der Waals surface area contributed by atoms with Crippen LogP contribution in [-0.4, -0.2) is 41.9 Å². The van der Waals surface area contributed by atoms with Crippen LogP contribution in [-0.2, 0) is 10.0 Å². The van der Waals surface area contributed by atoms with Crippen molar-refractivity contribution in [3.8, 4) is 6.01 Å². The van der Waals surface area contributed by atoms with E-state index < -0.39 is 10.0 Å². The lowest BCUT2D eigenvalue weighted by molar-refractivity contribution is 0.118. The number of ether oxygens (including phenoxy) is 1. The molecule has 1 fully saturated rings. The van der Waals surface area contributed by atoms with Crippen LogP contribution < -0.4 is 4.74 Å². The average Bonchev–Trinajstić information content (AvgIpc) is 2.56. The molecule has 2 heterocycles. The van der Waals surface area contributed by atoms with Gasteiger partial charge in [0.05, 0.1) is 11.4 Å². The Morgan fingerprint density at radius 3 is 2.54 bits per heavy atom. The molecule has 0 bridgehead atoms. The first-order chi connectivity index (χ1) is 12.3. The van der Waals surface area contributed by atoms with Crippen molar-refractivity contribution in [3.05, 3.63) is 46.2 Å². The summed E-state index contributed by atoms with van der Waals surface area (Å²) in [7, 11) is -3.63. The summed E-state index contributed by atoms with van der Waals surface area (Å²) in [6, 6.07) is 7.08. The van der Waals surface area contributed by atoms with Gasteiger partial charge in [0, 0.05) is 23.0 Å². The summed E-state index contributed by atoms with van der Waals surface area (Å²) in [5, 5.41) is 0.405. The average molecular weight is 396 g/mol. The Hall–Kier alpha value is -1.70. The Morgan fingerprint density at radius 2 is 1.85 bits per heavy atom. The quantitative estimate of drug-likeness (QED) is 0.794. The van der Waals surface area contributed by atoms with Gasteiger partial charge >= 0.3 is 6.01 Å². The molecule has 140 valence electrons. The third-order valence-corrected chi connectivity index (χ3v) is 6.58. The summed E-state index contributed by atoms with van der Waals surface area (Å²) >= 11 is 6.00. The summed E-state index contributed by atoms with van der Waals surface area (Å²) in [5.74, 6) is 0. The highest BCUT2D eigenvalue weighted by Crippen LogP contribution is 2.27. The van der Waals surface area contributed by atoms with Crippen molar-refractivity contribution in [2.24, 2.45) is 0 Å². The fraction of sp³-hybridized carbons (Fsp3) is 0.444. The van der Waals surface area contributed by atoms with Crippen molar-refractivity contribution in [1.29, 1.82) is 0 Å².